The van der Waals surface area contributed by atoms with Gasteiger partial charge in [0.05, 0.1) is 24.9 Å². The number of rotatable bonds is 2. The Labute approximate surface area is 138 Å². The fraction of sp³-hybridized carbons (Fsp3) is 0.933. The predicted molar refractivity (Wildman–Crippen MR) is 86.5 cm³/mol. The summed E-state index contributed by atoms with van der Waals surface area (Å²) in [5.74, 6) is 0.200. The molecule has 3 aliphatic heterocycles. The zero-order valence-electron chi connectivity index (χ0n) is 14.0. The van der Waals surface area contributed by atoms with Crippen molar-refractivity contribution in [3.8, 4) is 0 Å². The van der Waals surface area contributed by atoms with Crippen LogP contribution in [0.1, 0.15) is 19.3 Å². The van der Waals surface area contributed by atoms with Crippen LogP contribution in [-0.2, 0) is 19.6 Å². The first-order valence-electron chi connectivity index (χ1n) is 8.37. The highest BCUT2D eigenvalue weighted by molar-refractivity contribution is 7.88. The van der Waals surface area contributed by atoms with Crippen LogP contribution in [0.25, 0.3) is 0 Å². The van der Waals surface area contributed by atoms with Crippen LogP contribution in [-0.4, -0.2) is 93.7 Å². The summed E-state index contributed by atoms with van der Waals surface area (Å²) in [6.45, 7) is 4.33. The minimum Gasteiger partial charge on any atom is -0.378 e. The van der Waals surface area contributed by atoms with Gasteiger partial charge in [0.2, 0.25) is 15.9 Å². The molecule has 0 radical (unpaired) electrons. The molecule has 3 fully saturated rings. The number of nitrogens with zero attached hydrogens (tertiary/aromatic N) is 3. The summed E-state index contributed by atoms with van der Waals surface area (Å²) >= 11 is 0. The average molecular weight is 345 g/mol. The molecular weight excluding hydrogens is 318 g/mol. The number of hydrogen-bond donors (Lipinski definition) is 0. The van der Waals surface area contributed by atoms with Gasteiger partial charge in [0.1, 0.15) is 0 Å². The molecule has 3 saturated heterocycles. The number of likely N-dealkylation sites (tertiary alicyclic amines) is 1. The molecule has 0 saturated carbocycles. The normalized spacial score (nSPS) is 34.2. The smallest absolute Gasteiger partial charge is 0.230 e. The summed E-state index contributed by atoms with van der Waals surface area (Å²) in [5.41, 5.74) is -0.439. The maximum absolute atomic E-state index is 13.3. The largest absolute Gasteiger partial charge is 0.378 e. The topological polar surface area (TPSA) is 70.2 Å². The molecule has 1 amide bonds. The van der Waals surface area contributed by atoms with Gasteiger partial charge in [-0.25, -0.2) is 12.7 Å². The lowest BCUT2D eigenvalue weighted by Crippen LogP contribution is -2.53. The molecule has 3 heterocycles. The highest BCUT2D eigenvalue weighted by atomic mass is 32.2. The molecule has 0 bridgehead atoms. The van der Waals surface area contributed by atoms with Gasteiger partial charge < -0.3 is 14.5 Å². The summed E-state index contributed by atoms with van der Waals surface area (Å²) in [6, 6.07) is 0.129. The van der Waals surface area contributed by atoms with Crippen LogP contribution >= 0.6 is 0 Å². The Kier molecular flexibility index (Phi) is 4.70. The van der Waals surface area contributed by atoms with E-state index in [2.05, 4.69) is 11.9 Å². The number of amides is 1. The predicted octanol–water partition coefficient (Wildman–Crippen LogP) is -0.409. The maximum Gasteiger partial charge on any atom is 0.230 e. The van der Waals surface area contributed by atoms with E-state index >= 15 is 0 Å². The van der Waals surface area contributed by atoms with Gasteiger partial charge in [0.25, 0.3) is 0 Å². The van der Waals surface area contributed by atoms with Crippen molar-refractivity contribution in [2.24, 2.45) is 5.41 Å². The van der Waals surface area contributed by atoms with Crippen molar-refractivity contribution in [3.05, 3.63) is 0 Å². The van der Waals surface area contributed by atoms with E-state index in [-0.39, 0.29) is 11.9 Å². The van der Waals surface area contributed by atoms with Crippen LogP contribution in [0.4, 0.5) is 0 Å². The molecular formula is C15H27N3O4S. The van der Waals surface area contributed by atoms with Crippen molar-refractivity contribution in [1.82, 2.24) is 14.1 Å². The average Bonchev–Trinajstić information content (AvgIpc) is 2.72. The fourth-order valence-electron chi connectivity index (χ4n) is 4.38. The molecule has 8 heteroatoms. The van der Waals surface area contributed by atoms with Crippen LogP contribution in [0, 0.1) is 5.41 Å². The van der Waals surface area contributed by atoms with Gasteiger partial charge in [0, 0.05) is 32.2 Å². The second-order valence-electron chi connectivity index (χ2n) is 7.01. The Hall–Kier alpha value is -0.700. The first-order valence-corrected chi connectivity index (χ1v) is 10.2. The summed E-state index contributed by atoms with van der Waals surface area (Å²) < 4.78 is 30.7. The van der Waals surface area contributed by atoms with Gasteiger partial charge in [-0.2, -0.15) is 0 Å². The van der Waals surface area contributed by atoms with Crippen molar-refractivity contribution < 1.29 is 17.9 Å². The molecule has 7 nitrogen and oxygen atoms in total. The Morgan fingerprint density at radius 1 is 1.09 bits per heavy atom. The van der Waals surface area contributed by atoms with Crippen molar-refractivity contribution in [1.29, 1.82) is 0 Å². The van der Waals surface area contributed by atoms with Crippen LogP contribution in [0.5, 0.6) is 0 Å². The van der Waals surface area contributed by atoms with Gasteiger partial charge in [-0.1, -0.05) is 0 Å². The number of morpholine rings is 1. The minimum atomic E-state index is -3.21. The van der Waals surface area contributed by atoms with Crippen LogP contribution < -0.4 is 0 Å². The zero-order chi connectivity index (χ0) is 16.7. The first kappa shape index (κ1) is 17.1. The summed E-state index contributed by atoms with van der Waals surface area (Å²) in [6.07, 6.45) is 3.42. The molecule has 0 aromatic carbocycles. The minimum absolute atomic E-state index is 0.129. The number of carbonyl (C=O) groups excluding carboxylic acids is 1. The molecule has 0 aromatic heterocycles. The van der Waals surface area contributed by atoms with Crippen LogP contribution in [0.15, 0.2) is 0 Å². The SMILES string of the molecule is CN1CC[C@]2(C(=O)N3CCOCC3)CCN(S(C)(=O)=O)CC[C@H]12. The number of sulfonamides is 1. The monoisotopic (exact) mass is 345 g/mol. The molecule has 2 atom stereocenters. The standard InChI is InChI=1S/C15H27N3O4S/c1-16-7-4-15(14(19)17-9-11-22-12-10-17)5-8-18(23(2,20)21)6-3-13(15)16/h13H,3-12H2,1-2H3/t13-,15-/m0/s1. The molecule has 23 heavy (non-hydrogen) atoms. The Morgan fingerprint density at radius 3 is 2.39 bits per heavy atom. The summed E-state index contributed by atoms with van der Waals surface area (Å²) in [4.78, 5) is 17.4. The molecule has 0 aromatic rings. The Balaban J connectivity index is 1.85. The van der Waals surface area contributed by atoms with Crippen molar-refractivity contribution >= 4 is 15.9 Å². The van der Waals surface area contributed by atoms with E-state index in [0.29, 0.717) is 45.8 Å². The summed E-state index contributed by atoms with van der Waals surface area (Å²) in [7, 11) is -1.15. The number of ether oxygens (including phenoxy) is 1. The lowest BCUT2D eigenvalue weighted by atomic mass is 9.75. The van der Waals surface area contributed by atoms with Crippen molar-refractivity contribution in [2.45, 2.75) is 25.3 Å². The van der Waals surface area contributed by atoms with Gasteiger partial charge in [-0.05, 0) is 32.9 Å². The summed E-state index contributed by atoms with van der Waals surface area (Å²) in [5, 5.41) is 0. The third-order valence-electron chi connectivity index (χ3n) is 5.73. The van der Waals surface area contributed by atoms with E-state index in [1.165, 1.54) is 10.6 Å². The van der Waals surface area contributed by atoms with Gasteiger partial charge >= 0.3 is 0 Å². The Bertz CT molecular complexity index is 561. The molecule has 3 rings (SSSR count). The van der Waals surface area contributed by atoms with Crippen molar-refractivity contribution in [3.63, 3.8) is 0 Å². The second kappa shape index (κ2) is 6.31. The van der Waals surface area contributed by atoms with Gasteiger partial charge in [-0.15, -0.1) is 0 Å². The van der Waals surface area contributed by atoms with E-state index in [9.17, 15) is 13.2 Å². The van der Waals surface area contributed by atoms with E-state index < -0.39 is 15.4 Å². The number of hydrogen-bond acceptors (Lipinski definition) is 5. The zero-order valence-corrected chi connectivity index (χ0v) is 14.8. The molecule has 0 spiro atoms. The number of carbonyl (C=O) groups is 1. The fourth-order valence-corrected chi connectivity index (χ4v) is 5.24. The Morgan fingerprint density at radius 2 is 1.74 bits per heavy atom. The van der Waals surface area contributed by atoms with Crippen LogP contribution in [0.3, 0.4) is 0 Å². The van der Waals surface area contributed by atoms with Gasteiger partial charge in [0.15, 0.2) is 0 Å². The molecule has 0 unspecified atom stereocenters. The molecule has 0 aliphatic carbocycles. The van der Waals surface area contributed by atoms with E-state index in [1.807, 2.05) is 4.90 Å². The lowest BCUT2D eigenvalue weighted by Gasteiger charge is -2.39. The third kappa shape index (κ3) is 3.14. The highest BCUT2D eigenvalue weighted by Gasteiger charge is 2.54. The lowest BCUT2D eigenvalue weighted by molar-refractivity contribution is -0.148. The van der Waals surface area contributed by atoms with E-state index in [0.717, 1.165) is 19.4 Å². The van der Waals surface area contributed by atoms with Gasteiger partial charge in [-0.3, -0.25) is 4.79 Å². The maximum atomic E-state index is 13.3. The van der Waals surface area contributed by atoms with Crippen LogP contribution in [0.2, 0.25) is 0 Å². The number of fused-ring (bicyclic) bond motifs is 1. The third-order valence-corrected chi connectivity index (χ3v) is 7.04. The van der Waals surface area contributed by atoms with Crippen molar-refractivity contribution in [2.75, 3.05) is 59.2 Å². The highest BCUT2D eigenvalue weighted by Crippen LogP contribution is 2.44. The van der Waals surface area contributed by atoms with E-state index in [1.54, 1.807) is 0 Å². The first-order chi connectivity index (χ1) is 10.8. The second-order valence-corrected chi connectivity index (χ2v) is 8.99. The molecule has 3 aliphatic rings. The molecule has 0 N–H and O–H groups in total. The quantitative estimate of drug-likeness (QED) is 0.681. The molecule has 132 valence electrons. The van der Waals surface area contributed by atoms with E-state index in [4.69, 9.17) is 4.74 Å².